The Balaban J connectivity index is 1.48. The van der Waals surface area contributed by atoms with E-state index in [0.29, 0.717) is 5.69 Å². The summed E-state index contributed by atoms with van der Waals surface area (Å²) in [6, 6.07) is 0. The number of allylic oxidation sites excluding steroid dienone is 1. The number of hydrogen-bond acceptors (Lipinski definition) is 4. The molecular formula is C17H24N4O. The smallest absolute Gasteiger partial charge is 0.274 e. The van der Waals surface area contributed by atoms with Crippen LogP contribution in [-0.2, 0) is 0 Å². The molecule has 0 saturated carbocycles. The molecule has 5 heteroatoms. The molecule has 1 aliphatic heterocycles. The first-order valence-corrected chi connectivity index (χ1v) is 8.36. The molecule has 1 N–H and O–H groups in total. The van der Waals surface area contributed by atoms with Gasteiger partial charge in [0.15, 0.2) is 0 Å². The Morgan fingerprint density at radius 1 is 1.14 bits per heavy atom. The first-order chi connectivity index (χ1) is 10.8. The van der Waals surface area contributed by atoms with Crippen molar-refractivity contribution in [3.8, 4) is 0 Å². The van der Waals surface area contributed by atoms with E-state index in [1.807, 2.05) is 4.90 Å². The van der Waals surface area contributed by atoms with E-state index in [9.17, 15) is 4.79 Å². The fourth-order valence-corrected chi connectivity index (χ4v) is 3.09. The van der Waals surface area contributed by atoms with Crippen molar-refractivity contribution in [3.05, 3.63) is 29.7 Å². The number of nitrogens with zero attached hydrogens (tertiary/aromatic N) is 3. The third kappa shape index (κ3) is 3.84. The van der Waals surface area contributed by atoms with Gasteiger partial charge >= 0.3 is 0 Å². The zero-order valence-electron chi connectivity index (χ0n) is 13.1. The Labute approximate surface area is 131 Å². The lowest BCUT2D eigenvalue weighted by Gasteiger charge is -2.15. The number of anilines is 1. The molecule has 1 aromatic heterocycles. The summed E-state index contributed by atoms with van der Waals surface area (Å²) >= 11 is 0. The quantitative estimate of drug-likeness (QED) is 0.849. The molecule has 2 heterocycles. The highest BCUT2D eigenvalue weighted by Crippen LogP contribution is 2.20. The highest BCUT2D eigenvalue weighted by molar-refractivity contribution is 5.92. The molecule has 1 aromatic rings. The first kappa shape index (κ1) is 15.0. The summed E-state index contributed by atoms with van der Waals surface area (Å²) < 4.78 is 0. The number of likely N-dealkylation sites (tertiary alicyclic amines) is 1. The van der Waals surface area contributed by atoms with Crippen LogP contribution in [0, 0.1) is 0 Å². The van der Waals surface area contributed by atoms with Crippen LogP contribution in [0.25, 0.3) is 0 Å². The molecule has 0 aromatic carbocycles. The molecule has 1 saturated heterocycles. The van der Waals surface area contributed by atoms with Gasteiger partial charge in [0.1, 0.15) is 11.5 Å². The zero-order valence-corrected chi connectivity index (χ0v) is 13.1. The summed E-state index contributed by atoms with van der Waals surface area (Å²) in [5.74, 6) is 0.748. The van der Waals surface area contributed by atoms with Gasteiger partial charge in [-0.15, -0.1) is 0 Å². The average Bonchev–Trinajstić information content (AvgIpc) is 3.10. The van der Waals surface area contributed by atoms with Gasteiger partial charge in [-0.3, -0.25) is 4.79 Å². The van der Waals surface area contributed by atoms with Crippen LogP contribution in [0.15, 0.2) is 24.0 Å². The van der Waals surface area contributed by atoms with Gasteiger partial charge in [-0.25, -0.2) is 9.97 Å². The summed E-state index contributed by atoms with van der Waals surface area (Å²) in [5.41, 5.74) is 2.00. The number of nitrogens with one attached hydrogen (secondary N) is 1. The first-order valence-electron chi connectivity index (χ1n) is 8.36. The van der Waals surface area contributed by atoms with Crippen LogP contribution >= 0.6 is 0 Å². The van der Waals surface area contributed by atoms with E-state index in [1.54, 1.807) is 18.0 Å². The minimum absolute atomic E-state index is 0.00362. The summed E-state index contributed by atoms with van der Waals surface area (Å²) in [7, 11) is 0. The van der Waals surface area contributed by atoms with Crippen molar-refractivity contribution >= 4 is 11.7 Å². The SMILES string of the molecule is O=C(c1cnc(NCCC2=CCCCC2)cn1)N1CCCC1. The van der Waals surface area contributed by atoms with Crippen LogP contribution in [0.4, 0.5) is 5.82 Å². The van der Waals surface area contributed by atoms with Crippen molar-refractivity contribution in [1.82, 2.24) is 14.9 Å². The molecule has 0 radical (unpaired) electrons. The third-order valence-electron chi connectivity index (χ3n) is 4.40. The summed E-state index contributed by atoms with van der Waals surface area (Å²) in [5, 5.41) is 3.29. The Bertz CT molecular complexity index is 532. The highest BCUT2D eigenvalue weighted by Gasteiger charge is 2.20. The van der Waals surface area contributed by atoms with E-state index in [-0.39, 0.29) is 5.91 Å². The molecule has 2 aliphatic rings. The number of rotatable bonds is 5. The minimum Gasteiger partial charge on any atom is -0.368 e. The van der Waals surface area contributed by atoms with E-state index in [0.717, 1.165) is 44.7 Å². The number of amides is 1. The molecule has 118 valence electrons. The number of carbonyl (C=O) groups excluding carboxylic acids is 1. The van der Waals surface area contributed by atoms with Crippen LogP contribution in [0.5, 0.6) is 0 Å². The lowest BCUT2D eigenvalue weighted by Crippen LogP contribution is -2.28. The van der Waals surface area contributed by atoms with Gasteiger partial charge in [0.25, 0.3) is 5.91 Å². The van der Waals surface area contributed by atoms with Crippen molar-refractivity contribution in [2.24, 2.45) is 0 Å². The Morgan fingerprint density at radius 2 is 2.00 bits per heavy atom. The van der Waals surface area contributed by atoms with Gasteiger partial charge in [0.05, 0.1) is 12.4 Å². The van der Waals surface area contributed by atoms with Gasteiger partial charge in [-0.2, -0.15) is 0 Å². The van der Waals surface area contributed by atoms with Crippen LogP contribution < -0.4 is 5.32 Å². The molecule has 3 rings (SSSR count). The van der Waals surface area contributed by atoms with Gasteiger partial charge in [0.2, 0.25) is 0 Å². The van der Waals surface area contributed by atoms with Crippen molar-refractivity contribution in [2.45, 2.75) is 44.9 Å². The fourth-order valence-electron chi connectivity index (χ4n) is 3.09. The molecule has 5 nitrogen and oxygen atoms in total. The van der Waals surface area contributed by atoms with Crippen molar-refractivity contribution in [1.29, 1.82) is 0 Å². The van der Waals surface area contributed by atoms with Crippen LogP contribution in [0.3, 0.4) is 0 Å². The zero-order chi connectivity index (χ0) is 15.2. The fraction of sp³-hybridized carbons (Fsp3) is 0.588. The maximum Gasteiger partial charge on any atom is 0.274 e. The standard InChI is InChI=1S/C17H24N4O/c22-17(21-10-4-5-11-21)15-12-20-16(13-19-15)18-9-8-14-6-2-1-3-7-14/h6,12-13H,1-5,7-11H2,(H,18,20). The van der Waals surface area contributed by atoms with E-state index in [1.165, 1.54) is 25.7 Å². The molecule has 1 fully saturated rings. The van der Waals surface area contributed by atoms with Gasteiger partial charge < -0.3 is 10.2 Å². The molecule has 22 heavy (non-hydrogen) atoms. The predicted octanol–water partition coefficient (Wildman–Crippen LogP) is 3.02. The predicted molar refractivity (Wildman–Crippen MR) is 86.8 cm³/mol. The summed E-state index contributed by atoms with van der Waals surface area (Å²) in [6.07, 6.45) is 14.0. The van der Waals surface area contributed by atoms with Crippen LogP contribution in [-0.4, -0.2) is 40.4 Å². The van der Waals surface area contributed by atoms with Crippen LogP contribution in [0.1, 0.15) is 55.4 Å². The monoisotopic (exact) mass is 300 g/mol. The molecule has 0 bridgehead atoms. The second kappa shape index (κ2) is 7.38. The maximum absolute atomic E-state index is 12.2. The van der Waals surface area contributed by atoms with Crippen molar-refractivity contribution in [2.75, 3.05) is 25.0 Å². The normalized spacial score (nSPS) is 18.2. The van der Waals surface area contributed by atoms with Crippen molar-refractivity contribution in [3.63, 3.8) is 0 Å². The van der Waals surface area contributed by atoms with E-state index in [4.69, 9.17) is 0 Å². The Morgan fingerprint density at radius 3 is 2.68 bits per heavy atom. The molecule has 0 unspecified atom stereocenters. The largest absolute Gasteiger partial charge is 0.368 e. The molecule has 0 spiro atoms. The second-order valence-electron chi connectivity index (χ2n) is 6.07. The summed E-state index contributed by atoms with van der Waals surface area (Å²) in [4.78, 5) is 22.6. The second-order valence-corrected chi connectivity index (χ2v) is 6.07. The number of carbonyl (C=O) groups is 1. The molecular weight excluding hydrogens is 276 g/mol. The number of hydrogen-bond donors (Lipinski definition) is 1. The van der Waals surface area contributed by atoms with Crippen LogP contribution in [0.2, 0.25) is 0 Å². The Kier molecular flexibility index (Phi) is 5.03. The lowest BCUT2D eigenvalue weighted by atomic mass is 9.97. The third-order valence-corrected chi connectivity index (χ3v) is 4.40. The van der Waals surface area contributed by atoms with Gasteiger partial charge in [-0.05, 0) is 44.9 Å². The van der Waals surface area contributed by atoms with Gasteiger partial charge in [-0.1, -0.05) is 11.6 Å². The van der Waals surface area contributed by atoms with E-state index in [2.05, 4.69) is 21.4 Å². The molecule has 1 aliphatic carbocycles. The average molecular weight is 300 g/mol. The Hall–Kier alpha value is -1.91. The minimum atomic E-state index is 0.00362. The van der Waals surface area contributed by atoms with E-state index < -0.39 is 0 Å². The topological polar surface area (TPSA) is 58.1 Å². The molecule has 0 atom stereocenters. The highest BCUT2D eigenvalue weighted by atomic mass is 16.2. The molecule has 1 amide bonds. The number of aromatic nitrogens is 2. The lowest BCUT2D eigenvalue weighted by molar-refractivity contribution is 0.0786. The maximum atomic E-state index is 12.2. The van der Waals surface area contributed by atoms with Gasteiger partial charge in [0, 0.05) is 19.6 Å². The summed E-state index contributed by atoms with van der Waals surface area (Å²) in [6.45, 7) is 2.56. The van der Waals surface area contributed by atoms with Crippen molar-refractivity contribution < 1.29 is 4.79 Å². The van der Waals surface area contributed by atoms with E-state index >= 15 is 0 Å².